The predicted molar refractivity (Wildman–Crippen MR) is 96.6 cm³/mol. The van der Waals surface area contributed by atoms with Crippen molar-refractivity contribution >= 4 is 42.8 Å². The zero-order valence-corrected chi connectivity index (χ0v) is 15.9. The van der Waals surface area contributed by atoms with Gasteiger partial charge in [0.15, 0.2) is 0 Å². The molecular weight excluding hydrogens is 370 g/mol. The number of sulfonamides is 2. The lowest BCUT2D eigenvalue weighted by Crippen LogP contribution is -2.22. The Morgan fingerprint density at radius 1 is 1.08 bits per heavy atom. The van der Waals surface area contributed by atoms with Crippen molar-refractivity contribution in [3.8, 4) is 0 Å². The van der Waals surface area contributed by atoms with Crippen LogP contribution in [0.2, 0.25) is 0 Å². The Balaban J connectivity index is 2.50. The van der Waals surface area contributed by atoms with Crippen LogP contribution < -0.4 is 10.0 Å². The van der Waals surface area contributed by atoms with Crippen LogP contribution in [0.1, 0.15) is 6.92 Å². The van der Waals surface area contributed by atoms with Crippen molar-refractivity contribution in [3.63, 3.8) is 0 Å². The standard InChI is InChI=1S/C14H19N3O4S3/c1-4-15-12-8-7-11(24(20,21)17(2)3)10-13(12)16-23(18,19)14-6-5-9-22-14/h5-10,15-16H,4H2,1-3H3. The van der Waals surface area contributed by atoms with Crippen molar-refractivity contribution in [1.82, 2.24) is 4.31 Å². The highest BCUT2D eigenvalue weighted by Crippen LogP contribution is 2.29. The first-order chi connectivity index (χ1) is 11.2. The number of anilines is 2. The summed E-state index contributed by atoms with van der Waals surface area (Å²) in [7, 11) is -4.60. The average molecular weight is 390 g/mol. The van der Waals surface area contributed by atoms with E-state index in [9.17, 15) is 16.8 Å². The summed E-state index contributed by atoms with van der Waals surface area (Å²) in [6, 6.07) is 7.43. The Hall–Kier alpha value is -1.62. The maximum Gasteiger partial charge on any atom is 0.271 e. The summed E-state index contributed by atoms with van der Waals surface area (Å²) in [4.78, 5) is 0.0121. The van der Waals surface area contributed by atoms with Crippen LogP contribution >= 0.6 is 11.3 Å². The fraction of sp³-hybridized carbons (Fsp3) is 0.286. The normalized spacial score (nSPS) is 12.3. The first-order valence-corrected chi connectivity index (χ1v) is 10.9. The minimum Gasteiger partial charge on any atom is -0.384 e. The van der Waals surface area contributed by atoms with Crippen LogP contribution in [0.15, 0.2) is 44.8 Å². The van der Waals surface area contributed by atoms with Crippen molar-refractivity contribution in [2.45, 2.75) is 16.0 Å². The monoisotopic (exact) mass is 389 g/mol. The molecule has 0 bridgehead atoms. The summed E-state index contributed by atoms with van der Waals surface area (Å²) < 4.78 is 53.1. The second kappa shape index (κ2) is 7.09. The van der Waals surface area contributed by atoms with Crippen molar-refractivity contribution in [1.29, 1.82) is 0 Å². The smallest absolute Gasteiger partial charge is 0.271 e. The molecule has 0 spiro atoms. The molecule has 7 nitrogen and oxygen atoms in total. The minimum absolute atomic E-state index is 0.0121. The molecule has 0 aliphatic rings. The Bertz CT molecular complexity index is 905. The van der Waals surface area contributed by atoms with Gasteiger partial charge in [0.25, 0.3) is 10.0 Å². The van der Waals surface area contributed by atoms with E-state index in [0.717, 1.165) is 15.6 Å². The Morgan fingerprint density at radius 3 is 2.33 bits per heavy atom. The number of nitrogens with one attached hydrogen (secondary N) is 2. The molecule has 0 aliphatic heterocycles. The number of benzene rings is 1. The van der Waals surface area contributed by atoms with E-state index in [1.165, 1.54) is 32.3 Å². The molecule has 2 aromatic rings. The third-order valence-electron chi connectivity index (χ3n) is 3.14. The molecule has 0 saturated heterocycles. The highest BCUT2D eigenvalue weighted by molar-refractivity contribution is 7.94. The molecule has 0 atom stereocenters. The van der Waals surface area contributed by atoms with E-state index >= 15 is 0 Å². The fourth-order valence-electron chi connectivity index (χ4n) is 1.94. The molecule has 0 saturated carbocycles. The van der Waals surface area contributed by atoms with Gasteiger partial charge in [-0.2, -0.15) is 0 Å². The maximum absolute atomic E-state index is 12.4. The number of rotatable bonds is 7. The Morgan fingerprint density at radius 2 is 1.79 bits per heavy atom. The lowest BCUT2D eigenvalue weighted by atomic mass is 10.2. The zero-order chi connectivity index (χ0) is 18.0. The highest BCUT2D eigenvalue weighted by atomic mass is 32.2. The molecule has 2 N–H and O–H groups in total. The van der Waals surface area contributed by atoms with E-state index in [2.05, 4.69) is 10.0 Å². The third-order valence-corrected chi connectivity index (χ3v) is 7.72. The van der Waals surface area contributed by atoms with Gasteiger partial charge in [0.05, 0.1) is 16.3 Å². The summed E-state index contributed by atoms with van der Waals surface area (Å²) in [5.41, 5.74) is 0.698. The van der Waals surface area contributed by atoms with Crippen molar-refractivity contribution in [3.05, 3.63) is 35.7 Å². The quantitative estimate of drug-likeness (QED) is 0.757. The second-order valence-corrected chi connectivity index (χ2v) is 10.1. The first kappa shape index (κ1) is 18.7. The lowest BCUT2D eigenvalue weighted by molar-refractivity contribution is 0.521. The molecule has 0 radical (unpaired) electrons. The van der Waals surface area contributed by atoms with Gasteiger partial charge >= 0.3 is 0 Å². The third kappa shape index (κ3) is 3.89. The largest absolute Gasteiger partial charge is 0.384 e. The van der Waals surface area contributed by atoms with Gasteiger partial charge in [0.1, 0.15) is 4.21 Å². The summed E-state index contributed by atoms with van der Waals surface area (Å²) >= 11 is 1.09. The summed E-state index contributed by atoms with van der Waals surface area (Å²) in [5.74, 6) is 0. The number of hydrogen-bond donors (Lipinski definition) is 2. The molecule has 0 unspecified atom stereocenters. The number of thiophene rings is 1. The first-order valence-electron chi connectivity index (χ1n) is 7.05. The molecule has 2 rings (SSSR count). The van der Waals surface area contributed by atoms with Crippen LogP contribution in [-0.2, 0) is 20.0 Å². The van der Waals surface area contributed by atoms with Gasteiger partial charge in [-0.05, 0) is 36.6 Å². The Labute approximate surface area is 146 Å². The van der Waals surface area contributed by atoms with Crippen LogP contribution in [0, 0.1) is 0 Å². The molecule has 0 fully saturated rings. The summed E-state index contributed by atoms with van der Waals surface area (Å²) in [5, 5.41) is 4.68. The topological polar surface area (TPSA) is 95.6 Å². The van der Waals surface area contributed by atoms with E-state index in [1.807, 2.05) is 6.92 Å². The zero-order valence-electron chi connectivity index (χ0n) is 13.5. The highest BCUT2D eigenvalue weighted by Gasteiger charge is 2.22. The molecule has 10 heteroatoms. The Kier molecular flexibility index (Phi) is 5.53. The van der Waals surface area contributed by atoms with E-state index in [-0.39, 0.29) is 14.8 Å². The van der Waals surface area contributed by atoms with Crippen LogP contribution in [0.25, 0.3) is 0 Å². The van der Waals surface area contributed by atoms with Crippen molar-refractivity contribution in [2.24, 2.45) is 0 Å². The predicted octanol–water partition coefficient (Wildman–Crippen LogP) is 2.23. The number of hydrogen-bond acceptors (Lipinski definition) is 6. The van der Waals surface area contributed by atoms with Gasteiger partial charge in [-0.25, -0.2) is 21.1 Å². The molecule has 0 aliphatic carbocycles. The summed E-state index contributed by atoms with van der Waals surface area (Å²) in [6.45, 7) is 2.43. The fourth-order valence-corrected chi connectivity index (χ4v) is 4.93. The molecule has 1 heterocycles. The van der Waals surface area contributed by atoms with Crippen LogP contribution in [0.3, 0.4) is 0 Å². The molecule has 132 valence electrons. The van der Waals surface area contributed by atoms with Gasteiger partial charge < -0.3 is 5.32 Å². The SMILES string of the molecule is CCNc1ccc(S(=O)(=O)N(C)C)cc1NS(=O)(=O)c1cccs1. The van der Waals surface area contributed by atoms with Gasteiger partial charge in [0, 0.05) is 20.6 Å². The van der Waals surface area contributed by atoms with Crippen molar-refractivity contribution in [2.75, 3.05) is 30.7 Å². The molecule has 1 aromatic carbocycles. The molecular formula is C14H19N3O4S3. The average Bonchev–Trinajstić information content (AvgIpc) is 3.04. The van der Waals surface area contributed by atoms with E-state index in [0.29, 0.717) is 12.2 Å². The van der Waals surface area contributed by atoms with E-state index in [4.69, 9.17) is 0 Å². The second-order valence-electron chi connectivity index (χ2n) is 5.06. The van der Waals surface area contributed by atoms with Crippen molar-refractivity contribution < 1.29 is 16.8 Å². The van der Waals surface area contributed by atoms with E-state index < -0.39 is 20.0 Å². The minimum atomic E-state index is -3.77. The van der Waals surface area contributed by atoms with Crippen LogP contribution in [-0.4, -0.2) is 41.8 Å². The maximum atomic E-state index is 12.4. The van der Waals surface area contributed by atoms with Crippen LogP contribution in [0.4, 0.5) is 11.4 Å². The molecule has 0 amide bonds. The number of nitrogens with zero attached hydrogens (tertiary/aromatic N) is 1. The van der Waals surface area contributed by atoms with Crippen LogP contribution in [0.5, 0.6) is 0 Å². The van der Waals surface area contributed by atoms with Gasteiger partial charge in [-0.1, -0.05) is 6.07 Å². The van der Waals surface area contributed by atoms with Gasteiger partial charge in [-0.15, -0.1) is 11.3 Å². The van der Waals surface area contributed by atoms with E-state index in [1.54, 1.807) is 17.5 Å². The molecule has 1 aromatic heterocycles. The van der Waals surface area contributed by atoms with Gasteiger partial charge in [0.2, 0.25) is 10.0 Å². The molecule has 24 heavy (non-hydrogen) atoms. The summed E-state index contributed by atoms with van der Waals surface area (Å²) in [6.07, 6.45) is 0. The lowest BCUT2D eigenvalue weighted by Gasteiger charge is -2.16. The van der Waals surface area contributed by atoms with Gasteiger partial charge in [-0.3, -0.25) is 4.72 Å².